The van der Waals surface area contributed by atoms with Crippen molar-refractivity contribution in [3.8, 4) is 0 Å². The van der Waals surface area contributed by atoms with E-state index in [1.54, 1.807) is 0 Å². The minimum Gasteiger partial charge on any atom is -0.377 e. The molecule has 3 aliphatic rings. The van der Waals surface area contributed by atoms with Gasteiger partial charge in [0.25, 0.3) is 0 Å². The fourth-order valence-corrected chi connectivity index (χ4v) is 4.07. The molecule has 0 aromatic rings. The third-order valence-corrected chi connectivity index (χ3v) is 5.53. The molecule has 1 aliphatic heterocycles. The van der Waals surface area contributed by atoms with Crippen molar-refractivity contribution in [3.05, 3.63) is 0 Å². The smallest absolute Gasteiger partial charge is 0.315 e. The number of nitrogens with one attached hydrogen (secondary N) is 2. The summed E-state index contributed by atoms with van der Waals surface area (Å²) in [5.41, 5.74) is 0.0662. The molecule has 1 saturated heterocycles. The van der Waals surface area contributed by atoms with Crippen LogP contribution in [0, 0.1) is 17.3 Å². The van der Waals surface area contributed by atoms with Gasteiger partial charge in [-0.05, 0) is 25.2 Å². The molecular weight excluding hydrogens is 252 g/mol. The van der Waals surface area contributed by atoms with Crippen molar-refractivity contribution >= 4 is 6.03 Å². The lowest BCUT2D eigenvalue weighted by atomic mass is 9.57. The first kappa shape index (κ1) is 14.2. The van der Waals surface area contributed by atoms with E-state index >= 15 is 0 Å². The van der Waals surface area contributed by atoms with Crippen molar-refractivity contribution in [2.45, 2.75) is 71.1 Å². The number of rotatable bonds is 5. The molecule has 20 heavy (non-hydrogen) atoms. The second-order valence-electron chi connectivity index (χ2n) is 7.45. The number of amides is 2. The third kappa shape index (κ3) is 2.54. The van der Waals surface area contributed by atoms with Crippen molar-refractivity contribution in [2.24, 2.45) is 17.3 Å². The molecule has 4 nitrogen and oxygen atoms in total. The number of hydrogen-bond donors (Lipinski definition) is 2. The number of hydrogen-bond acceptors (Lipinski definition) is 2. The van der Waals surface area contributed by atoms with Gasteiger partial charge < -0.3 is 15.4 Å². The molecule has 2 saturated carbocycles. The van der Waals surface area contributed by atoms with Crippen LogP contribution in [0.3, 0.4) is 0 Å². The van der Waals surface area contributed by atoms with Crippen molar-refractivity contribution in [3.63, 3.8) is 0 Å². The number of fused-ring (bicyclic) bond motifs is 1. The van der Waals surface area contributed by atoms with Crippen LogP contribution >= 0.6 is 0 Å². The van der Waals surface area contributed by atoms with Crippen molar-refractivity contribution in [2.75, 3.05) is 6.61 Å². The van der Waals surface area contributed by atoms with E-state index < -0.39 is 0 Å². The largest absolute Gasteiger partial charge is 0.377 e. The zero-order valence-electron chi connectivity index (χ0n) is 12.9. The Morgan fingerprint density at radius 1 is 1.35 bits per heavy atom. The van der Waals surface area contributed by atoms with E-state index in [4.69, 9.17) is 4.74 Å². The van der Waals surface area contributed by atoms with Crippen molar-refractivity contribution in [1.29, 1.82) is 0 Å². The highest BCUT2D eigenvalue weighted by Gasteiger charge is 2.59. The second-order valence-corrected chi connectivity index (χ2v) is 7.45. The molecule has 2 N–H and O–H groups in total. The van der Waals surface area contributed by atoms with Crippen LogP contribution in [0.15, 0.2) is 0 Å². The lowest BCUT2D eigenvalue weighted by molar-refractivity contribution is -0.108. The molecule has 4 heteroatoms. The van der Waals surface area contributed by atoms with Crippen LogP contribution in [0.1, 0.15) is 52.9 Å². The molecule has 0 radical (unpaired) electrons. The molecule has 0 bridgehead atoms. The first-order valence-electron chi connectivity index (χ1n) is 8.21. The summed E-state index contributed by atoms with van der Waals surface area (Å²) in [7, 11) is 0. The van der Waals surface area contributed by atoms with Gasteiger partial charge in [0.05, 0.1) is 6.10 Å². The third-order valence-electron chi connectivity index (χ3n) is 5.53. The summed E-state index contributed by atoms with van der Waals surface area (Å²) < 4.78 is 5.77. The summed E-state index contributed by atoms with van der Waals surface area (Å²) in [6.07, 6.45) is 6.27. The van der Waals surface area contributed by atoms with E-state index in [9.17, 15) is 4.79 Å². The zero-order chi connectivity index (χ0) is 14.3. The van der Waals surface area contributed by atoms with Crippen LogP contribution in [0.25, 0.3) is 0 Å². The fraction of sp³-hybridized carbons (Fsp3) is 0.938. The monoisotopic (exact) mass is 280 g/mol. The summed E-state index contributed by atoms with van der Waals surface area (Å²) in [5.74, 6) is 1.37. The Morgan fingerprint density at radius 3 is 2.75 bits per heavy atom. The molecule has 3 rings (SSSR count). The van der Waals surface area contributed by atoms with Crippen LogP contribution < -0.4 is 10.6 Å². The van der Waals surface area contributed by atoms with Crippen LogP contribution in [-0.4, -0.2) is 30.8 Å². The minimum absolute atomic E-state index is 0.0147. The molecule has 0 spiro atoms. The molecule has 2 aliphatic carbocycles. The second kappa shape index (κ2) is 5.21. The van der Waals surface area contributed by atoms with E-state index in [0.717, 1.165) is 31.8 Å². The lowest BCUT2D eigenvalue weighted by Gasteiger charge is -2.54. The van der Waals surface area contributed by atoms with Crippen LogP contribution in [0.5, 0.6) is 0 Å². The Morgan fingerprint density at radius 2 is 2.10 bits per heavy atom. The molecule has 114 valence electrons. The molecular formula is C16H28N2O2. The molecule has 4 atom stereocenters. The van der Waals surface area contributed by atoms with Crippen molar-refractivity contribution < 1.29 is 9.53 Å². The predicted octanol–water partition coefficient (Wildman–Crippen LogP) is 2.68. The Labute approximate surface area is 122 Å². The average molecular weight is 280 g/mol. The van der Waals surface area contributed by atoms with E-state index in [1.807, 2.05) is 0 Å². The normalized spacial score (nSPS) is 35.9. The SMILES string of the molecule is CC[C@H](CC1CC1)NC(=O)N[C@@H]1[C@@H]2CCO[C@H]2C1(C)C. The maximum Gasteiger partial charge on any atom is 0.315 e. The highest BCUT2D eigenvalue weighted by atomic mass is 16.5. The van der Waals surface area contributed by atoms with Gasteiger partial charge in [0.2, 0.25) is 0 Å². The van der Waals surface area contributed by atoms with E-state index in [0.29, 0.717) is 18.1 Å². The van der Waals surface area contributed by atoms with E-state index in [-0.39, 0.29) is 17.5 Å². The van der Waals surface area contributed by atoms with Gasteiger partial charge in [-0.25, -0.2) is 4.79 Å². The number of ether oxygens (including phenoxy) is 1. The lowest BCUT2D eigenvalue weighted by Crippen LogP contribution is -2.68. The summed E-state index contributed by atoms with van der Waals surface area (Å²) >= 11 is 0. The van der Waals surface area contributed by atoms with Gasteiger partial charge in [0.1, 0.15) is 0 Å². The fourth-order valence-electron chi connectivity index (χ4n) is 4.07. The van der Waals surface area contributed by atoms with Gasteiger partial charge in [-0.15, -0.1) is 0 Å². The summed E-state index contributed by atoms with van der Waals surface area (Å²) in [6.45, 7) is 7.40. The maximum atomic E-state index is 12.2. The Balaban J connectivity index is 1.50. The van der Waals surface area contributed by atoms with Gasteiger partial charge in [-0.3, -0.25) is 0 Å². The Bertz CT molecular complexity index is 379. The Kier molecular flexibility index (Phi) is 3.69. The van der Waals surface area contributed by atoms with Gasteiger partial charge in [0.15, 0.2) is 0 Å². The van der Waals surface area contributed by atoms with Gasteiger partial charge >= 0.3 is 6.03 Å². The average Bonchev–Trinajstić information content (AvgIpc) is 3.10. The summed E-state index contributed by atoms with van der Waals surface area (Å²) in [6, 6.07) is 0.607. The topological polar surface area (TPSA) is 50.4 Å². The van der Waals surface area contributed by atoms with Gasteiger partial charge in [-0.1, -0.05) is 33.6 Å². The molecule has 1 heterocycles. The van der Waals surface area contributed by atoms with Gasteiger partial charge in [0, 0.05) is 30.0 Å². The maximum absolute atomic E-state index is 12.2. The standard InChI is InChI=1S/C16H28N2O2/c1-4-11(9-10-5-6-10)17-15(19)18-13-12-7-8-20-14(12)16(13,2)3/h10-14H,4-9H2,1-3H3,(H2,17,18,19)/t11-,12+,13-,14-/m1/s1. The molecule has 2 amide bonds. The quantitative estimate of drug-likeness (QED) is 0.813. The summed E-state index contributed by atoms with van der Waals surface area (Å²) in [5, 5.41) is 6.37. The molecule has 0 unspecified atom stereocenters. The molecule has 3 fully saturated rings. The minimum atomic E-state index is 0.0147. The number of carbonyl (C=O) groups excluding carboxylic acids is 1. The Hall–Kier alpha value is -0.770. The molecule has 0 aromatic heterocycles. The zero-order valence-corrected chi connectivity index (χ0v) is 12.9. The predicted molar refractivity (Wildman–Crippen MR) is 78.5 cm³/mol. The number of carbonyl (C=O) groups is 1. The van der Waals surface area contributed by atoms with Gasteiger partial charge in [-0.2, -0.15) is 0 Å². The van der Waals surface area contributed by atoms with Crippen molar-refractivity contribution in [1.82, 2.24) is 10.6 Å². The number of urea groups is 1. The van der Waals surface area contributed by atoms with Crippen LogP contribution in [0.4, 0.5) is 4.79 Å². The molecule has 0 aromatic carbocycles. The highest BCUT2D eigenvalue weighted by molar-refractivity contribution is 5.75. The van der Waals surface area contributed by atoms with Crippen LogP contribution in [0.2, 0.25) is 0 Å². The first-order chi connectivity index (χ1) is 9.52. The van der Waals surface area contributed by atoms with Crippen LogP contribution in [-0.2, 0) is 4.74 Å². The summed E-state index contributed by atoms with van der Waals surface area (Å²) in [4.78, 5) is 12.2. The van der Waals surface area contributed by atoms with E-state index in [2.05, 4.69) is 31.4 Å². The van der Waals surface area contributed by atoms with E-state index in [1.165, 1.54) is 12.8 Å². The highest BCUT2D eigenvalue weighted by Crippen LogP contribution is 2.52. The first-order valence-corrected chi connectivity index (χ1v) is 8.21.